The maximum atomic E-state index is 12.8. The Morgan fingerprint density at radius 3 is 2.02 bits per heavy atom. The van der Waals surface area contributed by atoms with E-state index in [0.717, 1.165) is 30.2 Å². The van der Waals surface area contributed by atoms with Crippen LogP contribution in [0.15, 0.2) is 129 Å². The summed E-state index contributed by atoms with van der Waals surface area (Å²) in [6.07, 6.45) is 6.21. The summed E-state index contributed by atoms with van der Waals surface area (Å²) in [6, 6.07) is 23.8. The highest BCUT2D eigenvalue weighted by atomic mass is 32.2. The van der Waals surface area contributed by atoms with Crippen molar-refractivity contribution in [2.45, 2.75) is 54.7 Å². The lowest BCUT2D eigenvalue weighted by atomic mass is 9.97. The van der Waals surface area contributed by atoms with E-state index >= 15 is 0 Å². The van der Waals surface area contributed by atoms with Crippen LogP contribution in [0.1, 0.15) is 35.1 Å². The molecule has 1 unspecified atom stereocenters. The number of Topliss-reactive ketones (excluding diaryl/α,β-unsaturated/α-hetero) is 1. The molecule has 11 nitrogen and oxygen atoms in total. The number of ether oxygens (including phenoxy) is 1. The van der Waals surface area contributed by atoms with Crippen LogP contribution in [0, 0.1) is 13.8 Å². The third-order valence-corrected chi connectivity index (χ3v) is 11.8. The molecule has 1 atom stereocenters. The van der Waals surface area contributed by atoms with Gasteiger partial charge in [-0.1, -0.05) is 77.9 Å². The topological polar surface area (TPSA) is 169 Å². The van der Waals surface area contributed by atoms with Crippen LogP contribution in [0.4, 0.5) is 0 Å². The monoisotopic (exact) mass is 734 g/mol. The quantitative estimate of drug-likeness (QED) is 0.160. The largest absolute Gasteiger partial charge is 0.504 e. The van der Waals surface area contributed by atoms with E-state index < -0.39 is 48.0 Å². The van der Waals surface area contributed by atoms with Crippen molar-refractivity contribution in [2.75, 3.05) is 20.3 Å². The van der Waals surface area contributed by atoms with Gasteiger partial charge in [0.25, 0.3) is 10.0 Å². The molecule has 3 N–H and O–H groups in total. The number of pyridine rings is 1. The van der Waals surface area contributed by atoms with E-state index in [1.54, 1.807) is 37.5 Å². The van der Waals surface area contributed by atoms with Gasteiger partial charge in [-0.05, 0) is 74.6 Å². The fourth-order valence-corrected chi connectivity index (χ4v) is 7.93. The van der Waals surface area contributed by atoms with Gasteiger partial charge in [0.15, 0.2) is 26.6 Å². The van der Waals surface area contributed by atoms with Crippen LogP contribution >= 0.6 is 0 Å². The smallest absolute Gasteiger partial charge is 0.306 e. The number of ketones is 1. The fourth-order valence-electron chi connectivity index (χ4n) is 5.21. The number of aliphatic hydroxyl groups excluding tert-OH is 1. The highest BCUT2D eigenvalue weighted by Gasteiger charge is 2.36. The van der Waals surface area contributed by atoms with Crippen LogP contribution < -0.4 is 10.9 Å². The minimum Gasteiger partial charge on any atom is -0.504 e. The first-order valence-electron chi connectivity index (χ1n) is 16.2. The zero-order valence-corrected chi connectivity index (χ0v) is 30.3. The molecule has 0 aliphatic heterocycles. The zero-order chi connectivity index (χ0) is 37.2. The van der Waals surface area contributed by atoms with Crippen molar-refractivity contribution in [2.24, 2.45) is 0 Å². The Kier molecular flexibility index (Phi) is 13.3. The second-order valence-corrected chi connectivity index (χ2v) is 15.9. The molecule has 1 aliphatic rings. The van der Waals surface area contributed by atoms with Crippen molar-refractivity contribution in [3.05, 3.63) is 147 Å². The van der Waals surface area contributed by atoms with Gasteiger partial charge in [0.2, 0.25) is 5.78 Å². The molecule has 0 bridgehead atoms. The molecule has 51 heavy (non-hydrogen) atoms. The molecular weight excluding hydrogens is 693 g/mol. The number of aromatic hydroxyl groups is 1. The third kappa shape index (κ3) is 9.70. The van der Waals surface area contributed by atoms with Gasteiger partial charge >= 0.3 is 5.56 Å². The first kappa shape index (κ1) is 39.0. The molecule has 1 aliphatic carbocycles. The van der Waals surface area contributed by atoms with E-state index in [0.29, 0.717) is 34.7 Å². The summed E-state index contributed by atoms with van der Waals surface area (Å²) in [6.45, 7) is 4.95. The number of rotatable bonds is 13. The van der Waals surface area contributed by atoms with Gasteiger partial charge in [-0.3, -0.25) is 9.59 Å². The van der Waals surface area contributed by atoms with E-state index in [-0.39, 0.29) is 16.3 Å². The standard InChI is InChI=1S/C22H22O4S.C16H20N2O5S/c1-16-10-13-19(14-11-16)27(25,26)20-15-12-18(21(23)22(20)24)9-5-8-17-6-3-2-4-7-17;1-12-3-5-14(6-4-12)24(21,22)18-9-7-13(15(19)16(18)20)11-17-8-10-23-2/h2-4,6-7,10-15,20,23H,5,8-9H2,1H3;3-7,9,17,19H,8,10-11H2,1-2H3. The molecule has 4 aromatic rings. The Labute approximate surface area is 298 Å². The number of sulfone groups is 1. The Bertz CT molecular complexity index is 2160. The Hall–Kier alpha value is -4.82. The summed E-state index contributed by atoms with van der Waals surface area (Å²) in [7, 11) is -6.36. The summed E-state index contributed by atoms with van der Waals surface area (Å²) in [4.78, 5) is 24.8. The Morgan fingerprint density at radius 2 is 1.41 bits per heavy atom. The molecule has 0 amide bonds. The van der Waals surface area contributed by atoms with Crippen LogP contribution in [0.5, 0.6) is 5.75 Å². The van der Waals surface area contributed by atoms with Crippen LogP contribution in [-0.2, 0) is 42.4 Å². The molecule has 3 aromatic carbocycles. The molecule has 270 valence electrons. The van der Waals surface area contributed by atoms with E-state index in [1.807, 2.05) is 44.2 Å². The Morgan fingerprint density at radius 1 is 0.804 bits per heavy atom. The maximum Gasteiger partial charge on any atom is 0.306 e. The molecule has 0 radical (unpaired) electrons. The van der Waals surface area contributed by atoms with Gasteiger partial charge in [0, 0.05) is 32.0 Å². The molecule has 0 spiro atoms. The van der Waals surface area contributed by atoms with Crippen molar-refractivity contribution in [3.63, 3.8) is 0 Å². The normalized spacial score (nSPS) is 14.6. The predicted octanol–water partition coefficient (Wildman–Crippen LogP) is 4.95. The molecule has 0 saturated heterocycles. The summed E-state index contributed by atoms with van der Waals surface area (Å²) in [5.74, 6) is -1.78. The number of nitrogens with zero attached hydrogens (tertiary/aromatic N) is 1. The summed E-state index contributed by atoms with van der Waals surface area (Å²) in [5, 5.41) is 21.9. The highest BCUT2D eigenvalue weighted by molar-refractivity contribution is 7.93. The molecule has 0 saturated carbocycles. The second-order valence-electron chi connectivity index (χ2n) is 12.0. The van der Waals surface area contributed by atoms with Gasteiger partial charge < -0.3 is 20.3 Å². The minimum atomic E-state index is -4.05. The van der Waals surface area contributed by atoms with E-state index in [2.05, 4.69) is 5.32 Å². The number of carbonyl (C=O) groups excluding carboxylic acids is 1. The lowest BCUT2D eigenvalue weighted by Gasteiger charge is -2.18. The van der Waals surface area contributed by atoms with Crippen LogP contribution in [0.3, 0.4) is 0 Å². The molecule has 0 fully saturated rings. The lowest BCUT2D eigenvalue weighted by molar-refractivity contribution is -0.117. The molecule has 1 aromatic heterocycles. The highest BCUT2D eigenvalue weighted by Crippen LogP contribution is 2.27. The zero-order valence-electron chi connectivity index (χ0n) is 28.7. The first-order valence-corrected chi connectivity index (χ1v) is 19.2. The van der Waals surface area contributed by atoms with E-state index in [4.69, 9.17) is 4.74 Å². The minimum absolute atomic E-state index is 0.0134. The average molecular weight is 735 g/mol. The van der Waals surface area contributed by atoms with Gasteiger partial charge in [0.05, 0.1) is 16.4 Å². The summed E-state index contributed by atoms with van der Waals surface area (Å²) >= 11 is 0. The third-order valence-electron chi connectivity index (χ3n) is 8.20. The van der Waals surface area contributed by atoms with Crippen LogP contribution in [-0.4, -0.2) is 62.3 Å². The number of hydrogen-bond acceptors (Lipinski definition) is 10. The number of methoxy groups -OCH3 is 1. The van der Waals surface area contributed by atoms with E-state index in [9.17, 15) is 36.6 Å². The number of carbonyl (C=O) groups is 1. The summed E-state index contributed by atoms with van der Waals surface area (Å²) in [5.41, 5.74) is 2.87. The SMILES string of the molecule is COCCNCc1ccn(S(=O)(=O)c2ccc(C)cc2)c(=O)c1O.Cc1ccc(S(=O)(=O)C2C=CC(CCCc3ccccc3)=C(O)C2=O)cc1. The molecule has 13 heteroatoms. The number of aryl methyl sites for hydroxylation is 3. The maximum absolute atomic E-state index is 12.8. The summed E-state index contributed by atoms with van der Waals surface area (Å²) < 4.78 is 56.0. The average Bonchev–Trinajstić information content (AvgIpc) is 3.11. The Balaban J connectivity index is 0.000000230. The van der Waals surface area contributed by atoms with Gasteiger partial charge in [-0.2, -0.15) is 0 Å². The van der Waals surface area contributed by atoms with Crippen molar-refractivity contribution in [3.8, 4) is 5.75 Å². The predicted molar refractivity (Wildman–Crippen MR) is 195 cm³/mol. The van der Waals surface area contributed by atoms with Gasteiger partial charge in [-0.25, -0.2) is 20.8 Å². The van der Waals surface area contributed by atoms with Crippen LogP contribution in [0.25, 0.3) is 0 Å². The molecule has 5 rings (SSSR count). The number of nitrogens with one attached hydrogen (secondary N) is 1. The molecular formula is C38H42N2O9S2. The lowest BCUT2D eigenvalue weighted by Crippen LogP contribution is -2.32. The van der Waals surface area contributed by atoms with Crippen molar-refractivity contribution < 1.29 is 36.6 Å². The van der Waals surface area contributed by atoms with Crippen molar-refractivity contribution in [1.82, 2.24) is 9.29 Å². The number of aliphatic hydroxyl groups is 1. The van der Waals surface area contributed by atoms with Gasteiger partial charge in [-0.15, -0.1) is 0 Å². The molecule has 1 heterocycles. The van der Waals surface area contributed by atoms with E-state index in [1.165, 1.54) is 42.0 Å². The fraction of sp³-hybridized carbons (Fsp3) is 0.263. The number of benzene rings is 3. The number of allylic oxidation sites excluding steroid dienone is 3. The van der Waals surface area contributed by atoms with Gasteiger partial charge in [0.1, 0.15) is 0 Å². The number of aromatic nitrogens is 1. The second kappa shape index (κ2) is 17.4. The number of hydrogen-bond donors (Lipinski definition) is 3. The van der Waals surface area contributed by atoms with Crippen LogP contribution in [0.2, 0.25) is 0 Å². The first-order chi connectivity index (χ1) is 24.3. The van der Waals surface area contributed by atoms with Crippen molar-refractivity contribution in [1.29, 1.82) is 0 Å². The van der Waals surface area contributed by atoms with Crippen molar-refractivity contribution >= 4 is 25.6 Å².